The third kappa shape index (κ3) is 3.74. The first-order valence-electron chi connectivity index (χ1n) is 11.1. The maximum absolute atomic E-state index is 14.1. The fourth-order valence-corrected chi connectivity index (χ4v) is 5.29. The Bertz CT molecular complexity index is 1510. The molecule has 0 spiro atoms. The van der Waals surface area contributed by atoms with E-state index in [1.54, 1.807) is 28.3 Å². The van der Waals surface area contributed by atoms with E-state index in [2.05, 4.69) is 44.9 Å². The van der Waals surface area contributed by atoms with Crippen molar-refractivity contribution < 1.29 is 9.13 Å². The third-order valence-electron chi connectivity index (χ3n) is 6.25. The zero-order valence-electron chi connectivity index (χ0n) is 18.6. The molecule has 6 nitrogen and oxygen atoms in total. The SMILES string of the molecule is Cn1nccc1COc1cc(F)ccc1-c1nnc(-c2ccc3c(c2)CCNC3)c2ccsc12. The largest absolute Gasteiger partial charge is 0.486 e. The highest BCUT2D eigenvalue weighted by molar-refractivity contribution is 7.17. The normalized spacial score (nSPS) is 13.2. The molecule has 2 aromatic carbocycles. The van der Waals surface area contributed by atoms with Crippen molar-refractivity contribution in [3.05, 3.63) is 82.7 Å². The Labute approximate surface area is 200 Å². The van der Waals surface area contributed by atoms with Crippen LogP contribution in [-0.2, 0) is 26.6 Å². The van der Waals surface area contributed by atoms with Crippen LogP contribution in [0.3, 0.4) is 0 Å². The Morgan fingerprint density at radius 1 is 1.06 bits per heavy atom. The van der Waals surface area contributed by atoms with Crippen LogP contribution >= 0.6 is 11.3 Å². The first kappa shape index (κ1) is 20.9. The number of ether oxygens (including phenoxy) is 1. The lowest BCUT2D eigenvalue weighted by atomic mass is 9.96. The zero-order chi connectivity index (χ0) is 23.1. The minimum Gasteiger partial charge on any atom is -0.486 e. The van der Waals surface area contributed by atoms with Gasteiger partial charge >= 0.3 is 0 Å². The first-order valence-corrected chi connectivity index (χ1v) is 12.0. The smallest absolute Gasteiger partial charge is 0.132 e. The van der Waals surface area contributed by atoms with Crippen LogP contribution in [-0.4, -0.2) is 26.5 Å². The van der Waals surface area contributed by atoms with Crippen molar-refractivity contribution in [2.75, 3.05) is 6.54 Å². The minimum atomic E-state index is -0.362. The van der Waals surface area contributed by atoms with Gasteiger partial charge in [-0.15, -0.1) is 21.5 Å². The van der Waals surface area contributed by atoms with Gasteiger partial charge in [0.15, 0.2) is 0 Å². The van der Waals surface area contributed by atoms with Gasteiger partial charge in [-0.05, 0) is 59.8 Å². The molecule has 0 bridgehead atoms. The standard InChI is InChI=1S/C26H22FN5OS/c1-32-20(7-10-29-32)15-33-23-13-19(27)4-5-21(23)25-26-22(8-11-34-26)24(30-31-25)17-2-3-18-14-28-9-6-16(18)12-17/h2-5,7-8,10-13,28H,6,9,14-15H2,1H3. The Kier molecular flexibility index (Phi) is 5.31. The molecule has 1 aliphatic heterocycles. The summed E-state index contributed by atoms with van der Waals surface area (Å²) >= 11 is 1.60. The zero-order valence-corrected chi connectivity index (χ0v) is 19.4. The topological polar surface area (TPSA) is 64.9 Å². The molecule has 1 aliphatic rings. The summed E-state index contributed by atoms with van der Waals surface area (Å²) in [6, 6.07) is 15.0. The highest BCUT2D eigenvalue weighted by atomic mass is 32.1. The quantitative estimate of drug-likeness (QED) is 0.385. The van der Waals surface area contributed by atoms with Crippen LogP contribution in [0.15, 0.2) is 60.1 Å². The predicted molar refractivity (Wildman–Crippen MR) is 131 cm³/mol. The third-order valence-corrected chi connectivity index (χ3v) is 7.17. The van der Waals surface area contributed by atoms with Crippen LogP contribution < -0.4 is 10.1 Å². The van der Waals surface area contributed by atoms with Crippen LogP contribution in [0.2, 0.25) is 0 Å². The molecular formula is C26H22FN5OS. The van der Waals surface area contributed by atoms with E-state index in [0.29, 0.717) is 17.0 Å². The van der Waals surface area contributed by atoms with E-state index in [9.17, 15) is 4.39 Å². The average Bonchev–Trinajstić information content (AvgIpc) is 3.51. The van der Waals surface area contributed by atoms with Crippen molar-refractivity contribution >= 4 is 21.4 Å². The number of aryl methyl sites for hydroxylation is 1. The molecule has 3 aromatic heterocycles. The van der Waals surface area contributed by atoms with Crippen molar-refractivity contribution in [2.45, 2.75) is 19.6 Å². The lowest BCUT2D eigenvalue weighted by molar-refractivity contribution is 0.294. The van der Waals surface area contributed by atoms with Gasteiger partial charge < -0.3 is 10.1 Å². The van der Waals surface area contributed by atoms with Gasteiger partial charge in [0.05, 0.1) is 10.4 Å². The Balaban J connectivity index is 1.41. The molecular weight excluding hydrogens is 449 g/mol. The number of nitrogens with one attached hydrogen (secondary N) is 1. The van der Waals surface area contributed by atoms with E-state index < -0.39 is 0 Å². The van der Waals surface area contributed by atoms with E-state index in [0.717, 1.165) is 46.5 Å². The highest BCUT2D eigenvalue weighted by Gasteiger charge is 2.19. The average molecular weight is 472 g/mol. The summed E-state index contributed by atoms with van der Waals surface area (Å²) in [4.78, 5) is 0. The van der Waals surface area contributed by atoms with Crippen molar-refractivity contribution in [2.24, 2.45) is 7.05 Å². The van der Waals surface area contributed by atoms with E-state index in [1.807, 2.05) is 18.5 Å². The molecule has 6 rings (SSSR count). The van der Waals surface area contributed by atoms with Crippen LogP contribution in [0.5, 0.6) is 5.75 Å². The highest BCUT2D eigenvalue weighted by Crippen LogP contribution is 2.39. The van der Waals surface area contributed by atoms with Crippen molar-refractivity contribution in [3.63, 3.8) is 0 Å². The second-order valence-electron chi connectivity index (χ2n) is 8.35. The molecule has 4 heterocycles. The van der Waals surface area contributed by atoms with Gasteiger partial charge in [0.1, 0.15) is 29.6 Å². The van der Waals surface area contributed by atoms with Gasteiger partial charge in [0, 0.05) is 42.4 Å². The molecule has 1 N–H and O–H groups in total. The van der Waals surface area contributed by atoms with E-state index in [4.69, 9.17) is 4.74 Å². The first-order chi connectivity index (χ1) is 16.7. The summed E-state index contributed by atoms with van der Waals surface area (Å²) in [5.41, 5.74) is 6.91. The van der Waals surface area contributed by atoms with Gasteiger partial charge in [-0.3, -0.25) is 4.68 Å². The number of fused-ring (bicyclic) bond motifs is 2. The molecule has 5 aromatic rings. The van der Waals surface area contributed by atoms with E-state index >= 15 is 0 Å². The predicted octanol–water partition coefficient (Wildman–Crippen LogP) is 5.12. The number of nitrogens with zero attached hydrogens (tertiary/aromatic N) is 4. The Hall–Kier alpha value is -3.62. The van der Waals surface area contributed by atoms with E-state index in [-0.39, 0.29) is 12.4 Å². The number of hydrogen-bond acceptors (Lipinski definition) is 6. The summed E-state index contributed by atoms with van der Waals surface area (Å²) in [6.45, 7) is 2.16. The van der Waals surface area contributed by atoms with Crippen LogP contribution in [0.4, 0.5) is 4.39 Å². The number of thiophene rings is 1. The van der Waals surface area contributed by atoms with Gasteiger partial charge in [-0.2, -0.15) is 5.10 Å². The van der Waals surface area contributed by atoms with Crippen molar-refractivity contribution in [3.8, 4) is 28.3 Å². The van der Waals surface area contributed by atoms with Crippen LogP contribution in [0.1, 0.15) is 16.8 Å². The number of hydrogen-bond donors (Lipinski definition) is 1. The molecule has 0 saturated carbocycles. The molecule has 0 atom stereocenters. The lowest BCUT2D eigenvalue weighted by Gasteiger charge is -2.18. The Morgan fingerprint density at radius 3 is 2.85 bits per heavy atom. The molecule has 0 amide bonds. The van der Waals surface area contributed by atoms with Gasteiger partial charge in [0.2, 0.25) is 0 Å². The van der Waals surface area contributed by atoms with Gasteiger partial charge in [-0.1, -0.05) is 12.1 Å². The van der Waals surface area contributed by atoms with Crippen LogP contribution in [0, 0.1) is 5.82 Å². The monoisotopic (exact) mass is 471 g/mol. The summed E-state index contributed by atoms with van der Waals surface area (Å²) in [6.07, 6.45) is 2.72. The number of aromatic nitrogens is 4. The molecule has 0 unspecified atom stereocenters. The fraction of sp³-hybridized carbons (Fsp3) is 0.192. The minimum absolute atomic E-state index is 0.274. The lowest BCUT2D eigenvalue weighted by Crippen LogP contribution is -2.23. The number of rotatable bonds is 5. The molecule has 8 heteroatoms. The maximum atomic E-state index is 14.1. The van der Waals surface area contributed by atoms with Crippen molar-refractivity contribution in [1.29, 1.82) is 0 Å². The second-order valence-corrected chi connectivity index (χ2v) is 9.26. The molecule has 0 aliphatic carbocycles. The number of benzene rings is 2. The molecule has 0 radical (unpaired) electrons. The maximum Gasteiger partial charge on any atom is 0.132 e. The fourth-order valence-electron chi connectivity index (χ4n) is 4.40. The number of halogens is 1. The molecule has 34 heavy (non-hydrogen) atoms. The van der Waals surface area contributed by atoms with Crippen molar-refractivity contribution in [1.82, 2.24) is 25.3 Å². The van der Waals surface area contributed by atoms with Gasteiger partial charge in [0.25, 0.3) is 0 Å². The summed E-state index contributed by atoms with van der Waals surface area (Å²) < 4.78 is 22.9. The Morgan fingerprint density at radius 2 is 1.97 bits per heavy atom. The summed E-state index contributed by atoms with van der Waals surface area (Å²) in [7, 11) is 1.85. The second kappa shape index (κ2) is 8.62. The molecule has 0 saturated heterocycles. The van der Waals surface area contributed by atoms with Gasteiger partial charge in [-0.25, -0.2) is 4.39 Å². The summed E-state index contributed by atoms with van der Waals surface area (Å²) in [5.74, 6) is 0.0681. The molecule has 0 fully saturated rings. The van der Waals surface area contributed by atoms with Crippen LogP contribution in [0.25, 0.3) is 32.6 Å². The molecule has 170 valence electrons. The van der Waals surface area contributed by atoms with E-state index in [1.165, 1.54) is 23.3 Å². The summed E-state index contributed by atoms with van der Waals surface area (Å²) in [5, 5.41) is 19.9.